The lowest BCUT2D eigenvalue weighted by atomic mass is 9.98. The van der Waals surface area contributed by atoms with Crippen molar-refractivity contribution < 1.29 is 32.5 Å². The van der Waals surface area contributed by atoms with Crippen LogP contribution in [0.25, 0.3) is 0 Å². The number of halogens is 3. The van der Waals surface area contributed by atoms with Gasteiger partial charge in [-0.15, -0.1) is 0 Å². The first-order valence-electron chi connectivity index (χ1n) is 5.30. The summed E-state index contributed by atoms with van der Waals surface area (Å²) in [7, 11) is 0. The number of hydrogen-bond donors (Lipinski definition) is 2. The number of ether oxygens (including phenoxy) is 2. The molecule has 2 rings (SSSR count). The average molecular weight is 277 g/mol. The van der Waals surface area contributed by atoms with Crippen LogP contribution in [0.3, 0.4) is 0 Å². The normalized spacial score (nSPS) is 16.0. The number of carbonyl (C=O) groups is 1. The predicted octanol–water partition coefficient (Wildman–Crippen LogP) is 1.56. The zero-order valence-corrected chi connectivity index (χ0v) is 9.53. The third-order valence-electron chi connectivity index (χ3n) is 2.63. The Morgan fingerprint density at radius 3 is 2.53 bits per heavy atom. The first-order chi connectivity index (χ1) is 8.82. The number of hydrogen-bond acceptors (Lipinski definition) is 4. The molecular weight excluding hydrogens is 267 g/mol. The summed E-state index contributed by atoms with van der Waals surface area (Å²) in [5.74, 6) is -1.77. The molecule has 19 heavy (non-hydrogen) atoms. The van der Waals surface area contributed by atoms with E-state index < -0.39 is 29.3 Å². The van der Waals surface area contributed by atoms with Gasteiger partial charge < -0.3 is 20.3 Å². The van der Waals surface area contributed by atoms with Crippen LogP contribution in [0.2, 0.25) is 0 Å². The Morgan fingerprint density at radius 1 is 1.32 bits per heavy atom. The van der Waals surface area contributed by atoms with E-state index in [0.29, 0.717) is 0 Å². The van der Waals surface area contributed by atoms with E-state index in [9.17, 15) is 18.0 Å². The Hall–Kier alpha value is -1.96. The number of aliphatic carboxylic acids is 1. The Labute approximate surface area is 105 Å². The molecule has 1 aliphatic heterocycles. The monoisotopic (exact) mass is 277 g/mol. The fourth-order valence-corrected chi connectivity index (χ4v) is 1.82. The van der Waals surface area contributed by atoms with Crippen LogP contribution in [0, 0.1) is 0 Å². The molecule has 0 bridgehead atoms. The van der Waals surface area contributed by atoms with Crippen molar-refractivity contribution in [2.24, 2.45) is 5.73 Å². The number of rotatable bonds is 2. The molecule has 0 amide bonds. The minimum Gasteiger partial charge on any atom is -0.486 e. The Balaban J connectivity index is 2.66. The molecule has 0 saturated heterocycles. The predicted molar refractivity (Wildman–Crippen MR) is 57.0 cm³/mol. The zero-order chi connectivity index (χ0) is 14.2. The van der Waals surface area contributed by atoms with Crippen molar-refractivity contribution in [1.82, 2.24) is 0 Å². The maximum atomic E-state index is 12.9. The fourth-order valence-electron chi connectivity index (χ4n) is 1.82. The minimum atomic E-state index is -4.72. The molecule has 1 atom stereocenters. The molecule has 0 aliphatic carbocycles. The van der Waals surface area contributed by atoms with Gasteiger partial charge in [-0.1, -0.05) is 0 Å². The molecule has 1 aliphatic rings. The van der Waals surface area contributed by atoms with E-state index in [0.717, 1.165) is 12.1 Å². The summed E-state index contributed by atoms with van der Waals surface area (Å²) in [6.07, 6.45) is -4.72. The Kier molecular flexibility index (Phi) is 3.27. The third-order valence-corrected chi connectivity index (χ3v) is 2.63. The lowest BCUT2D eigenvalue weighted by Gasteiger charge is -2.25. The van der Waals surface area contributed by atoms with Crippen molar-refractivity contribution in [2.45, 2.75) is 12.2 Å². The molecule has 0 fully saturated rings. The van der Waals surface area contributed by atoms with Gasteiger partial charge in [-0.2, -0.15) is 13.2 Å². The smallest absolute Gasteiger partial charge is 0.416 e. The van der Waals surface area contributed by atoms with Crippen LogP contribution in [0.4, 0.5) is 13.2 Å². The van der Waals surface area contributed by atoms with Gasteiger partial charge in [-0.3, -0.25) is 4.79 Å². The standard InChI is InChI=1S/C11H10F3NO4/c12-11(13,14)5-1-2-6-9(19-4-3-18-6)7(5)8(15)10(16)17/h1-2,8H,3-4,15H2,(H,16,17). The summed E-state index contributed by atoms with van der Waals surface area (Å²) < 4.78 is 48.9. The first-order valence-corrected chi connectivity index (χ1v) is 5.30. The number of benzene rings is 1. The van der Waals surface area contributed by atoms with Crippen molar-refractivity contribution in [3.8, 4) is 11.5 Å². The molecule has 8 heteroatoms. The maximum absolute atomic E-state index is 12.9. The van der Waals surface area contributed by atoms with Crippen molar-refractivity contribution >= 4 is 5.97 Å². The molecule has 5 nitrogen and oxygen atoms in total. The molecule has 1 unspecified atom stereocenters. The largest absolute Gasteiger partial charge is 0.486 e. The van der Waals surface area contributed by atoms with Crippen molar-refractivity contribution in [1.29, 1.82) is 0 Å². The molecule has 104 valence electrons. The maximum Gasteiger partial charge on any atom is 0.416 e. The summed E-state index contributed by atoms with van der Waals surface area (Å²) in [5.41, 5.74) is 3.58. The minimum absolute atomic E-state index is 0.0354. The molecule has 0 radical (unpaired) electrons. The van der Waals surface area contributed by atoms with Crippen LogP contribution in [-0.2, 0) is 11.0 Å². The highest BCUT2D eigenvalue weighted by Crippen LogP contribution is 2.44. The lowest BCUT2D eigenvalue weighted by molar-refractivity contribution is -0.141. The van der Waals surface area contributed by atoms with Crippen LogP contribution in [0.5, 0.6) is 11.5 Å². The number of nitrogens with two attached hydrogens (primary N) is 1. The van der Waals surface area contributed by atoms with Gasteiger partial charge in [0.05, 0.1) is 5.56 Å². The van der Waals surface area contributed by atoms with Gasteiger partial charge in [0, 0.05) is 5.56 Å². The van der Waals surface area contributed by atoms with E-state index >= 15 is 0 Å². The Bertz CT molecular complexity index is 515. The fraction of sp³-hybridized carbons (Fsp3) is 0.364. The lowest BCUT2D eigenvalue weighted by Crippen LogP contribution is -2.27. The van der Waals surface area contributed by atoms with Crippen LogP contribution < -0.4 is 15.2 Å². The molecular formula is C11H10F3NO4. The summed E-state index contributed by atoms with van der Waals surface area (Å²) in [6.45, 7) is 0.216. The molecule has 1 aromatic carbocycles. The quantitative estimate of drug-likeness (QED) is 0.857. The number of alkyl halides is 3. The molecule has 0 spiro atoms. The molecule has 1 aromatic rings. The second-order valence-electron chi connectivity index (χ2n) is 3.86. The zero-order valence-electron chi connectivity index (χ0n) is 9.53. The number of fused-ring (bicyclic) bond motifs is 1. The van der Waals surface area contributed by atoms with Gasteiger partial charge >= 0.3 is 12.1 Å². The van der Waals surface area contributed by atoms with Crippen LogP contribution >= 0.6 is 0 Å². The SMILES string of the molecule is NC(C(=O)O)c1c(C(F)(F)F)ccc2c1OCCO2. The summed E-state index contributed by atoms with van der Waals surface area (Å²) in [5, 5.41) is 8.84. The molecule has 3 N–H and O–H groups in total. The highest BCUT2D eigenvalue weighted by Gasteiger charge is 2.39. The second kappa shape index (κ2) is 4.61. The van der Waals surface area contributed by atoms with Crippen LogP contribution in [0.15, 0.2) is 12.1 Å². The van der Waals surface area contributed by atoms with Gasteiger partial charge in [0.15, 0.2) is 11.5 Å². The second-order valence-corrected chi connectivity index (χ2v) is 3.86. The summed E-state index contributed by atoms with van der Waals surface area (Å²) in [6, 6.07) is -0.00520. The van der Waals surface area contributed by atoms with Crippen LogP contribution in [-0.4, -0.2) is 24.3 Å². The molecule has 0 saturated carbocycles. The third kappa shape index (κ3) is 2.43. The van der Waals surface area contributed by atoms with Gasteiger partial charge in [-0.25, -0.2) is 0 Å². The molecule has 1 heterocycles. The summed E-state index contributed by atoms with van der Waals surface area (Å²) in [4.78, 5) is 10.9. The highest BCUT2D eigenvalue weighted by molar-refractivity contribution is 5.78. The van der Waals surface area contributed by atoms with Gasteiger partial charge in [0.1, 0.15) is 19.3 Å². The van der Waals surface area contributed by atoms with E-state index in [1.165, 1.54) is 0 Å². The number of carboxylic acids is 1. The van der Waals surface area contributed by atoms with Crippen molar-refractivity contribution in [3.05, 3.63) is 23.3 Å². The van der Waals surface area contributed by atoms with Gasteiger partial charge in [0.2, 0.25) is 0 Å². The molecule has 0 aromatic heterocycles. The Morgan fingerprint density at radius 2 is 1.95 bits per heavy atom. The van der Waals surface area contributed by atoms with E-state index in [1.54, 1.807) is 0 Å². The van der Waals surface area contributed by atoms with Gasteiger partial charge in [-0.05, 0) is 12.1 Å². The summed E-state index contributed by atoms with van der Waals surface area (Å²) >= 11 is 0. The number of carboxylic acid groups (broad SMARTS) is 1. The average Bonchev–Trinajstić information content (AvgIpc) is 2.35. The van der Waals surface area contributed by atoms with Crippen LogP contribution in [0.1, 0.15) is 17.2 Å². The van der Waals surface area contributed by atoms with E-state index in [1.807, 2.05) is 0 Å². The van der Waals surface area contributed by atoms with Gasteiger partial charge in [0.25, 0.3) is 0 Å². The van der Waals surface area contributed by atoms with E-state index in [-0.39, 0.29) is 24.7 Å². The van der Waals surface area contributed by atoms with Crippen molar-refractivity contribution in [3.63, 3.8) is 0 Å². The highest BCUT2D eigenvalue weighted by atomic mass is 19.4. The topological polar surface area (TPSA) is 81.8 Å². The van der Waals surface area contributed by atoms with Crippen molar-refractivity contribution in [2.75, 3.05) is 13.2 Å². The first kappa shape index (κ1) is 13.5. The van der Waals surface area contributed by atoms with E-state index in [4.69, 9.17) is 20.3 Å². The van der Waals surface area contributed by atoms with E-state index in [2.05, 4.69) is 0 Å².